The van der Waals surface area contributed by atoms with Crippen molar-refractivity contribution in [2.24, 2.45) is 34.5 Å². The summed E-state index contributed by atoms with van der Waals surface area (Å²) in [6.45, 7) is 8.20. The summed E-state index contributed by atoms with van der Waals surface area (Å²) in [5.74, 6) is 2.17. The zero-order valence-electron chi connectivity index (χ0n) is 16.0. The van der Waals surface area contributed by atoms with E-state index in [1.807, 2.05) is 0 Å². The van der Waals surface area contributed by atoms with E-state index in [0.717, 1.165) is 31.3 Å². The average molecular weight is 342 g/mol. The molecule has 0 heterocycles. The van der Waals surface area contributed by atoms with E-state index >= 15 is 0 Å². The fourth-order valence-corrected chi connectivity index (χ4v) is 7.50. The zero-order valence-corrected chi connectivity index (χ0v) is 16.0. The topological polar surface area (TPSA) is 51.2 Å². The van der Waals surface area contributed by atoms with Gasteiger partial charge in [0.25, 0.3) is 0 Å². The highest BCUT2D eigenvalue weighted by atomic mass is 16.1. The minimum atomic E-state index is -0.262. The molecule has 0 radical (unpaired) electrons. The Labute approximate surface area is 150 Å². The van der Waals surface area contributed by atoms with Gasteiger partial charge in [0.15, 0.2) is 5.78 Å². The summed E-state index contributed by atoms with van der Waals surface area (Å²) < 4.78 is 0. The number of hydrogen-bond acceptors (Lipinski definition) is 3. The molecule has 6 atom stereocenters. The highest BCUT2D eigenvalue weighted by Gasteiger charge is 2.62. The van der Waals surface area contributed by atoms with E-state index in [9.17, 15) is 14.4 Å². The molecular formula is C22H30O3. The predicted octanol–water partition coefficient (Wildman–Crippen LogP) is 4.29. The summed E-state index contributed by atoms with van der Waals surface area (Å²) in [6.07, 6.45) is 5.78. The Balaban J connectivity index is 1.73. The minimum Gasteiger partial charge on any atom is -0.300 e. The first-order valence-electron chi connectivity index (χ1n) is 9.94. The molecule has 4 aliphatic rings. The third-order valence-corrected chi connectivity index (χ3v) is 8.44. The highest BCUT2D eigenvalue weighted by molar-refractivity contribution is 5.98. The van der Waals surface area contributed by atoms with Crippen molar-refractivity contribution < 1.29 is 14.4 Å². The second-order valence-corrected chi connectivity index (χ2v) is 9.75. The van der Waals surface area contributed by atoms with Crippen LogP contribution in [0.3, 0.4) is 0 Å². The SMILES string of the molecule is CC(=O)C1=C(C)C[C@H]2[C@@H]3CCC4CC(=O)CC[C@]4(C)[C@H]3C(=O)C[C@]12C. The molecule has 3 saturated carbocycles. The molecule has 3 heteroatoms. The van der Waals surface area contributed by atoms with Crippen molar-refractivity contribution in [3.8, 4) is 0 Å². The zero-order chi connectivity index (χ0) is 18.1. The summed E-state index contributed by atoms with van der Waals surface area (Å²) >= 11 is 0. The van der Waals surface area contributed by atoms with Crippen LogP contribution in [0.15, 0.2) is 11.1 Å². The number of Topliss-reactive ketones (excluding diaryl/α,β-unsaturated/α-hetero) is 3. The fraction of sp³-hybridized carbons (Fsp3) is 0.773. The van der Waals surface area contributed by atoms with Crippen LogP contribution in [0, 0.1) is 34.5 Å². The molecule has 25 heavy (non-hydrogen) atoms. The maximum Gasteiger partial charge on any atom is 0.156 e. The third-order valence-electron chi connectivity index (χ3n) is 8.44. The van der Waals surface area contributed by atoms with Crippen molar-refractivity contribution in [3.05, 3.63) is 11.1 Å². The largest absolute Gasteiger partial charge is 0.300 e. The molecule has 0 aromatic carbocycles. The molecule has 1 unspecified atom stereocenters. The quantitative estimate of drug-likeness (QED) is 0.714. The molecule has 0 spiro atoms. The maximum atomic E-state index is 13.4. The monoisotopic (exact) mass is 342 g/mol. The van der Waals surface area contributed by atoms with Gasteiger partial charge < -0.3 is 0 Å². The van der Waals surface area contributed by atoms with Gasteiger partial charge in [0.05, 0.1) is 0 Å². The molecule has 136 valence electrons. The molecule has 3 fully saturated rings. The Kier molecular flexibility index (Phi) is 3.69. The van der Waals surface area contributed by atoms with Crippen molar-refractivity contribution in [2.45, 2.75) is 72.6 Å². The molecule has 0 aromatic heterocycles. The first-order valence-corrected chi connectivity index (χ1v) is 9.94. The van der Waals surface area contributed by atoms with Crippen molar-refractivity contribution in [3.63, 3.8) is 0 Å². The summed E-state index contributed by atoms with van der Waals surface area (Å²) in [5.41, 5.74) is 1.87. The van der Waals surface area contributed by atoms with Gasteiger partial charge in [-0.05, 0) is 62.7 Å². The molecule has 0 amide bonds. The number of fused-ring (bicyclic) bond motifs is 5. The van der Waals surface area contributed by atoms with Gasteiger partial charge in [-0.15, -0.1) is 0 Å². The lowest BCUT2D eigenvalue weighted by Crippen LogP contribution is -2.57. The lowest BCUT2D eigenvalue weighted by Gasteiger charge is -2.58. The van der Waals surface area contributed by atoms with Gasteiger partial charge in [-0.2, -0.15) is 0 Å². The van der Waals surface area contributed by atoms with Crippen LogP contribution in [0.1, 0.15) is 72.6 Å². The number of allylic oxidation sites excluding steroid dienone is 2. The van der Waals surface area contributed by atoms with Crippen LogP contribution in [0.2, 0.25) is 0 Å². The normalized spacial score (nSPS) is 46.6. The van der Waals surface area contributed by atoms with Gasteiger partial charge in [0.2, 0.25) is 0 Å². The van der Waals surface area contributed by atoms with E-state index < -0.39 is 0 Å². The standard InChI is InChI=1S/C22H30O3/c1-12-9-17-16-6-5-14-10-15(24)7-8-21(14,3)20(16)18(25)11-22(17,4)19(12)13(2)23/h14,16-17,20H,5-11H2,1-4H3/t14?,16-,17-,20+,21-,22-/m0/s1. The highest BCUT2D eigenvalue weighted by Crippen LogP contribution is 2.66. The van der Waals surface area contributed by atoms with Gasteiger partial charge in [-0.1, -0.05) is 19.4 Å². The molecular weight excluding hydrogens is 312 g/mol. The molecule has 0 saturated heterocycles. The molecule has 0 N–H and O–H groups in total. The van der Waals surface area contributed by atoms with E-state index in [1.54, 1.807) is 6.92 Å². The van der Waals surface area contributed by atoms with Gasteiger partial charge in [-0.25, -0.2) is 0 Å². The molecule has 0 bridgehead atoms. The van der Waals surface area contributed by atoms with E-state index in [-0.39, 0.29) is 22.5 Å². The Morgan fingerprint density at radius 3 is 2.52 bits per heavy atom. The summed E-state index contributed by atoms with van der Waals surface area (Å²) in [5, 5.41) is 0. The van der Waals surface area contributed by atoms with E-state index in [4.69, 9.17) is 0 Å². The number of rotatable bonds is 1. The fourth-order valence-electron chi connectivity index (χ4n) is 7.50. The summed E-state index contributed by atoms with van der Waals surface area (Å²) in [4.78, 5) is 37.6. The van der Waals surface area contributed by atoms with Crippen LogP contribution in [0.5, 0.6) is 0 Å². The number of ketones is 3. The van der Waals surface area contributed by atoms with Crippen molar-refractivity contribution in [1.29, 1.82) is 0 Å². The first kappa shape index (κ1) is 17.2. The molecule has 4 rings (SSSR count). The number of carbonyl (C=O) groups excluding carboxylic acids is 3. The lowest BCUT2D eigenvalue weighted by molar-refractivity contribution is -0.157. The predicted molar refractivity (Wildman–Crippen MR) is 95.9 cm³/mol. The molecule has 0 aliphatic heterocycles. The van der Waals surface area contributed by atoms with Crippen LogP contribution in [0.4, 0.5) is 0 Å². The van der Waals surface area contributed by atoms with Gasteiger partial charge in [0, 0.05) is 36.2 Å². The maximum absolute atomic E-state index is 13.4. The Morgan fingerprint density at radius 1 is 1.12 bits per heavy atom. The first-order chi connectivity index (χ1) is 11.7. The molecule has 4 aliphatic carbocycles. The van der Waals surface area contributed by atoms with Crippen molar-refractivity contribution in [1.82, 2.24) is 0 Å². The number of hydrogen-bond donors (Lipinski definition) is 0. The van der Waals surface area contributed by atoms with Crippen molar-refractivity contribution >= 4 is 17.3 Å². The van der Waals surface area contributed by atoms with Crippen LogP contribution >= 0.6 is 0 Å². The van der Waals surface area contributed by atoms with Crippen LogP contribution in [-0.4, -0.2) is 17.3 Å². The Morgan fingerprint density at radius 2 is 1.84 bits per heavy atom. The average Bonchev–Trinajstić information content (AvgIpc) is 2.77. The summed E-state index contributed by atoms with van der Waals surface area (Å²) in [7, 11) is 0. The van der Waals surface area contributed by atoms with E-state index in [0.29, 0.717) is 48.6 Å². The third kappa shape index (κ3) is 2.20. The van der Waals surface area contributed by atoms with Gasteiger partial charge in [0.1, 0.15) is 11.6 Å². The van der Waals surface area contributed by atoms with E-state index in [2.05, 4.69) is 20.8 Å². The second kappa shape index (κ2) is 5.37. The molecule has 0 aromatic rings. The Hall–Kier alpha value is -1.25. The van der Waals surface area contributed by atoms with Crippen molar-refractivity contribution in [2.75, 3.05) is 0 Å². The van der Waals surface area contributed by atoms with Gasteiger partial charge in [-0.3, -0.25) is 14.4 Å². The molecule has 3 nitrogen and oxygen atoms in total. The summed E-state index contributed by atoms with van der Waals surface area (Å²) in [6, 6.07) is 0. The second-order valence-electron chi connectivity index (χ2n) is 9.75. The smallest absolute Gasteiger partial charge is 0.156 e. The minimum absolute atomic E-state index is 0.0118. The lowest BCUT2D eigenvalue weighted by atomic mass is 9.44. The van der Waals surface area contributed by atoms with E-state index in [1.165, 1.54) is 5.57 Å². The van der Waals surface area contributed by atoms with Gasteiger partial charge >= 0.3 is 0 Å². The number of carbonyl (C=O) groups is 3. The van der Waals surface area contributed by atoms with Crippen LogP contribution in [-0.2, 0) is 14.4 Å². The Bertz CT molecular complexity index is 702. The van der Waals surface area contributed by atoms with Crippen LogP contribution in [0.25, 0.3) is 0 Å². The van der Waals surface area contributed by atoms with Crippen LogP contribution < -0.4 is 0 Å².